The summed E-state index contributed by atoms with van der Waals surface area (Å²) in [5, 5.41) is 3.27. The predicted octanol–water partition coefficient (Wildman–Crippen LogP) is 1.49. The van der Waals surface area contributed by atoms with Crippen LogP contribution in [0.2, 0.25) is 0 Å². The van der Waals surface area contributed by atoms with Crippen LogP contribution < -0.4 is 15.0 Å². The first kappa shape index (κ1) is 15.0. The fraction of sp³-hybridized carbons (Fsp3) is 0.667. The standard InChI is InChI=1S/C12H20N4O.ClH/c1-3-16(4-2)11-7-12(15-9-14-11)17-10-5-6-13-8-10;/h7,9-10,13H,3-6,8H2,1-2H3;1H. The molecule has 102 valence electrons. The molecule has 0 aromatic carbocycles. The summed E-state index contributed by atoms with van der Waals surface area (Å²) >= 11 is 0. The Morgan fingerprint density at radius 2 is 2.17 bits per heavy atom. The Labute approximate surface area is 114 Å². The molecule has 1 aromatic heterocycles. The molecule has 1 aromatic rings. The van der Waals surface area contributed by atoms with Gasteiger partial charge in [-0.1, -0.05) is 0 Å². The predicted molar refractivity (Wildman–Crippen MR) is 74.7 cm³/mol. The Morgan fingerprint density at radius 3 is 2.78 bits per heavy atom. The lowest BCUT2D eigenvalue weighted by molar-refractivity contribution is 0.213. The van der Waals surface area contributed by atoms with Gasteiger partial charge in [0.1, 0.15) is 18.2 Å². The Kier molecular flexibility index (Phi) is 6.15. The van der Waals surface area contributed by atoms with Gasteiger partial charge in [-0.3, -0.25) is 0 Å². The third-order valence-corrected chi connectivity index (χ3v) is 3.02. The minimum Gasteiger partial charge on any atom is -0.473 e. The lowest BCUT2D eigenvalue weighted by atomic mass is 10.3. The van der Waals surface area contributed by atoms with Crippen molar-refractivity contribution >= 4 is 18.2 Å². The van der Waals surface area contributed by atoms with E-state index in [0.29, 0.717) is 5.88 Å². The third-order valence-electron chi connectivity index (χ3n) is 3.02. The summed E-state index contributed by atoms with van der Waals surface area (Å²) in [5.41, 5.74) is 0. The van der Waals surface area contributed by atoms with Crippen LogP contribution in [0.4, 0.5) is 5.82 Å². The maximum Gasteiger partial charge on any atom is 0.218 e. The smallest absolute Gasteiger partial charge is 0.218 e. The van der Waals surface area contributed by atoms with Gasteiger partial charge in [0.2, 0.25) is 5.88 Å². The maximum atomic E-state index is 5.81. The lowest BCUT2D eigenvalue weighted by Crippen LogP contribution is -2.24. The molecule has 2 heterocycles. The van der Waals surface area contributed by atoms with Crippen molar-refractivity contribution in [3.8, 4) is 5.88 Å². The van der Waals surface area contributed by atoms with Gasteiger partial charge in [-0.15, -0.1) is 12.4 Å². The number of anilines is 1. The molecule has 1 aliphatic rings. The topological polar surface area (TPSA) is 50.3 Å². The zero-order valence-electron chi connectivity index (χ0n) is 10.9. The van der Waals surface area contributed by atoms with Crippen molar-refractivity contribution in [2.75, 3.05) is 31.1 Å². The van der Waals surface area contributed by atoms with E-state index in [9.17, 15) is 0 Å². The van der Waals surface area contributed by atoms with Crippen molar-refractivity contribution in [2.24, 2.45) is 0 Å². The highest BCUT2D eigenvalue weighted by Gasteiger charge is 2.17. The van der Waals surface area contributed by atoms with Crippen LogP contribution in [-0.2, 0) is 0 Å². The first-order valence-electron chi connectivity index (χ1n) is 6.27. The average molecular weight is 273 g/mol. The van der Waals surface area contributed by atoms with Crippen LogP contribution in [0.5, 0.6) is 5.88 Å². The molecule has 18 heavy (non-hydrogen) atoms. The van der Waals surface area contributed by atoms with E-state index in [1.165, 1.54) is 0 Å². The normalized spacial score (nSPS) is 18.2. The Morgan fingerprint density at radius 1 is 1.39 bits per heavy atom. The minimum absolute atomic E-state index is 0. The van der Waals surface area contributed by atoms with Crippen molar-refractivity contribution in [1.82, 2.24) is 15.3 Å². The van der Waals surface area contributed by atoms with E-state index in [-0.39, 0.29) is 18.5 Å². The summed E-state index contributed by atoms with van der Waals surface area (Å²) in [6, 6.07) is 1.92. The van der Waals surface area contributed by atoms with Crippen molar-refractivity contribution in [3.63, 3.8) is 0 Å². The molecule has 6 heteroatoms. The van der Waals surface area contributed by atoms with Crippen LogP contribution in [-0.4, -0.2) is 42.3 Å². The van der Waals surface area contributed by atoms with Gasteiger partial charge in [0, 0.05) is 25.7 Å². The SMILES string of the molecule is CCN(CC)c1cc(OC2CCNC2)ncn1.Cl. The van der Waals surface area contributed by atoms with E-state index >= 15 is 0 Å². The van der Waals surface area contributed by atoms with Crippen LogP contribution in [0.15, 0.2) is 12.4 Å². The molecule has 0 amide bonds. The molecule has 0 saturated carbocycles. The summed E-state index contributed by atoms with van der Waals surface area (Å²) in [6.07, 6.45) is 2.87. The third kappa shape index (κ3) is 3.71. The van der Waals surface area contributed by atoms with Gasteiger partial charge in [-0.2, -0.15) is 0 Å². The highest BCUT2D eigenvalue weighted by atomic mass is 35.5. The highest BCUT2D eigenvalue weighted by molar-refractivity contribution is 5.85. The largest absolute Gasteiger partial charge is 0.473 e. The van der Waals surface area contributed by atoms with Gasteiger partial charge in [-0.25, -0.2) is 9.97 Å². The minimum atomic E-state index is 0. The quantitative estimate of drug-likeness (QED) is 0.880. The van der Waals surface area contributed by atoms with Gasteiger partial charge >= 0.3 is 0 Å². The number of nitrogens with one attached hydrogen (secondary N) is 1. The molecule has 1 fully saturated rings. The molecule has 0 spiro atoms. The van der Waals surface area contributed by atoms with E-state index < -0.39 is 0 Å². The Bertz CT molecular complexity index is 354. The number of aromatic nitrogens is 2. The molecular formula is C12H21ClN4O. The second-order valence-corrected chi connectivity index (χ2v) is 4.12. The monoisotopic (exact) mass is 272 g/mol. The van der Waals surface area contributed by atoms with E-state index in [0.717, 1.165) is 38.4 Å². The van der Waals surface area contributed by atoms with Crippen molar-refractivity contribution < 1.29 is 4.74 Å². The molecular weight excluding hydrogens is 252 g/mol. The molecule has 0 aliphatic carbocycles. The fourth-order valence-electron chi connectivity index (χ4n) is 2.01. The number of ether oxygens (including phenoxy) is 1. The molecule has 1 aliphatic heterocycles. The second-order valence-electron chi connectivity index (χ2n) is 4.12. The molecule has 0 bridgehead atoms. The van der Waals surface area contributed by atoms with Crippen molar-refractivity contribution in [2.45, 2.75) is 26.4 Å². The van der Waals surface area contributed by atoms with Gasteiger partial charge in [0.25, 0.3) is 0 Å². The van der Waals surface area contributed by atoms with Gasteiger partial charge < -0.3 is 15.0 Å². The summed E-state index contributed by atoms with van der Waals surface area (Å²) in [7, 11) is 0. The maximum absolute atomic E-state index is 5.81. The zero-order chi connectivity index (χ0) is 12.1. The van der Waals surface area contributed by atoms with Gasteiger partial charge in [-0.05, 0) is 26.8 Å². The first-order chi connectivity index (χ1) is 8.33. The van der Waals surface area contributed by atoms with Crippen LogP contribution >= 0.6 is 12.4 Å². The first-order valence-corrected chi connectivity index (χ1v) is 6.27. The number of halogens is 1. The highest BCUT2D eigenvalue weighted by Crippen LogP contribution is 2.17. The Hall–Kier alpha value is -1.07. The summed E-state index contributed by atoms with van der Waals surface area (Å²) in [5.74, 6) is 1.61. The molecule has 2 rings (SSSR count). The van der Waals surface area contributed by atoms with E-state index in [4.69, 9.17) is 4.74 Å². The molecule has 0 radical (unpaired) electrons. The zero-order valence-corrected chi connectivity index (χ0v) is 11.7. The van der Waals surface area contributed by atoms with Crippen molar-refractivity contribution in [3.05, 3.63) is 12.4 Å². The Balaban J connectivity index is 0.00000162. The van der Waals surface area contributed by atoms with Crippen LogP contribution in [0.3, 0.4) is 0 Å². The van der Waals surface area contributed by atoms with E-state index in [1.54, 1.807) is 6.33 Å². The number of nitrogens with zero attached hydrogens (tertiary/aromatic N) is 3. The van der Waals surface area contributed by atoms with Crippen LogP contribution in [0.25, 0.3) is 0 Å². The van der Waals surface area contributed by atoms with Gasteiger partial charge in [0.05, 0.1) is 0 Å². The summed E-state index contributed by atoms with van der Waals surface area (Å²) < 4.78 is 5.81. The molecule has 1 atom stereocenters. The lowest BCUT2D eigenvalue weighted by Gasteiger charge is -2.20. The number of hydrogen-bond acceptors (Lipinski definition) is 5. The van der Waals surface area contributed by atoms with Gasteiger partial charge in [0.15, 0.2) is 0 Å². The molecule has 1 unspecified atom stereocenters. The van der Waals surface area contributed by atoms with Crippen LogP contribution in [0, 0.1) is 0 Å². The second kappa shape index (κ2) is 7.38. The van der Waals surface area contributed by atoms with Crippen LogP contribution in [0.1, 0.15) is 20.3 Å². The summed E-state index contributed by atoms with van der Waals surface area (Å²) in [6.45, 7) is 8.05. The average Bonchev–Trinajstić information content (AvgIpc) is 2.84. The molecule has 1 N–H and O–H groups in total. The van der Waals surface area contributed by atoms with E-state index in [2.05, 4.69) is 34.0 Å². The number of hydrogen-bond donors (Lipinski definition) is 1. The summed E-state index contributed by atoms with van der Waals surface area (Å²) in [4.78, 5) is 10.6. The van der Waals surface area contributed by atoms with E-state index in [1.807, 2.05) is 6.07 Å². The van der Waals surface area contributed by atoms with Crippen molar-refractivity contribution in [1.29, 1.82) is 0 Å². The molecule has 5 nitrogen and oxygen atoms in total. The fourth-order valence-corrected chi connectivity index (χ4v) is 2.01. The molecule has 1 saturated heterocycles. The number of rotatable bonds is 5.